The maximum absolute atomic E-state index is 13.4. The standard InChI is InChI=1S/C23H23FN6O3/c1-3-18(15-4-6-16(24)7-5-15)28-10-12-29(13-11-28)21-20-19(9-8-17(14-25)26-20)27(2)23(31)22(21)30(32)33/h4-9,18H,3,10-13H2,1-2H3/t18-/m1/s1. The Morgan fingerprint density at radius 2 is 1.85 bits per heavy atom. The van der Waals surface area contributed by atoms with Gasteiger partial charge in [0.25, 0.3) is 0 Å². The Morgan fingerprint density at radius 1 is 1.18 bits per heavy atom. The van der Waals surface area contributed by atoms with Crippen LogP contribution < -0.4 is 10.5 Å². The molecule has 2 aromatic heterocycles. The van der Waals surface area contributed by atoms with Gasteiger partial charge in [-0.3, -0.25) is 19.8 Å². The molecular formula is C23H23FN6O3. The first kappa shape index (κ1) is 22.4. The number of pyridine rings is 2. The molecule has 10 heteroatoms. The molecule has 0 radical (unpaired) electrons. The molecule has 0 amide bonds. The smallest absolute Gasteiger partial charge is 0.359 e. The van der Waals surface area contributed by atoms with E-state index in [1.54, 1.807) is 18.2 Å². The number of rotatable bonds is 5. The van der Waals surface area contributed by atoms with Crippen LogP contribution in [0.25, 0.3) is 11.0 Å². The summed E-state index contributed by atoms with van der Waals surface area (Å²) >= 11 is 0. The Labute approximate surface area is 189 Å². The molecule has 9 nitrogen and oxygen atoms in total. The summed E-state index contributed by atoms with van der Waals surface area (Å²) in [5.74, 6) is -0.285. The minimum atomic E-state index is -0.714. The Morgan fingerprint density at radius 3 is 2.42 bits per heavy atom. The monoisotopic (exact) mass is 450 g/mol. The summed E-state index contributed by atoms with van der Waals surface area (Å²) in [6, 6.07) is 11.6. The molecule has 33 heavy (non-hydrogen) atoms. The van der Waals surface area contributed by atoms with Crippen molar-refractivity contribution in [2.45, 2.75) is 19.4 Å². The molecule has 0 N–H and O–H groups in total. The van der Waals surface area contributed by atoms with Crippen LogP contribution >= 0.6 is 0 Å². The number of hydrogen-bond acceptors (Lipinski definition) is 7. The van der Waals surface area contributed by atoms with E-state index < -0.39 is 16.2 Å². The molecule has 0 unspecified atom stereocenters. The molecule has 1 saturated heterocycles. The predicted molar refractivity (Wildman–Crippen MR) is 122 cm³/mol. The average molecular weight is 450 g/mol. The van der Waals surface area contributed by atoms with Gasteiger partial charge >= 0.3 is 11.2 Å². The van der Waals surface area contributed by atoms with Gasteiger partial charge in [0.2, 0.25) is 0 Å². The highest BCUT2D eigenvalue weighted by Gasteiger charge is 2.33. The fraction of sp³-hybridized carbons (Fsp3) is 0.348. The van der Waals surface area contributed by atoms with Gasteiger partial charge in [-0.15, -0.1) is 0 Å². The van der Waals surface area contributed by atoms with Gasteiger partial charge < -0.3 is 9.47 Å². The number of anilines is 1. The van der Waals surface area contributed by atoms with Crippen LogP contribution in [0.2, 0.25) is 0 Å². The summed E-state index contributed by atoms with van der Waals surface area (Å²) in [6.07, 6.45) is 0.827. The molecule has 1 fully saturated rings. The van der Waals surface area contributed by atoms with E-state index in [2.05, 4.69) is 16.8 Å². The van der Waals surface area contributed by atoms with Gasteiger partial charge in [0.1, 0.15) is 23.1 Å². The second-order valence-electron chi connectivity index (χ2n) is 7.99. The van der Waals surface area contributed by atoms with Gasteiger partial charge in [-0.1, -0.05) is 19.1 Å². The Balaban J connectivity index is 1.72. The van der Waals surface area contributed by atoms with Crippen molar-refractivity contribution in [2.24, 2.45) is 7.05 Å². The molecular weight excluding hydrogens is 427 g/mol. The number of aryl methyl sites for hydroxylation is 1. The highest BCUT2D eigenvalue weighted by molar-refractivity contribution is 5.94. The SMILES string of the molecule is CC[C@H](c1ccc(F)cc1)N1CCN(c2c([N+](=O)[O-])c(=O)n(C)c3ccc(C#N)nc23)CC1. The van der Waals surface area contributed by atoms with Crippen molar-refractivity contribution in [3.8, 4) is 6.07 Å². The van der Waals surface area contributed by atoms with Crippen LogP contribution in [0, 0.1) is 27.3 Å². The van der Waals surface area contributed by atoms with Crippen molar-refractivity contribution in [3.63, 3.8) is 0 Å². The van der Waals surface area contributed by atoms with Crippen LogP contribution in [-0.4, -0.2) is 45.6 Å². The lowest BCUT2D eigenvalue weighted by molar-refractivity contribution is -0.385. The maximum Gasteiger partial charge on any atom is 0.359 e. The number of aromatic nitrogens is 2. The second-order valence-corrected chi connectivity index (χ2v) is 7.99. The minimum absolute atomic E-state index is 0.0893. The summed E-state index contributed by atoms with van der Waals surface area (Å²) in [5, 5.41) is 21.2. The average Bonchev–Trinajstić information content (AvgIpc) is 2.82. The predicted octanol–water partition coefficient (Wildman–Crippen LogP) is 3.13. The normalized spacial score (nSPS) is 15.4. The van der Waals surface area contributed by atoms with E-state index in [-0.39, 0.29) is 28.8 Å². The molecule has 1 atom stereocenters. The van der Waals surface area contributed by atoms with Gasteiger partial charge in [-0.2, -0.15) is 5.26 Å². The number of nitriles is 1. The van der Waals surface area contributed by atoms with E-state index >= 15 is 0 Å². The van der Waals surface area contributed by atoms with E-state index in [9.17, 15) is 24.6 Å². The molecule has 0 bridgehead atoms. The zero-order chi connectivity index (χ0) is 23.7. The van der Waals surface area contributed by atoms with Crippen molar-refractivity contribution >= 4 is 22.4 Å². The lowest BCUT2D eigenvalue weighted by atomic mass is 10.0. The number of halogens is 1. The Bertz CT molecular complexity index is 1310. The van der Waals surface area contributed by atoms with E-state index in [1.807, 2.05) is 11.0 Å². The largest absolute Gasteiger partial charge is 0.361 e. The van der Waals surface area contributed by atoms with Crippen molar-refractivity contribution in [3.05, 3.63) is 73.9 Å². The molecule has 0 spiro atoms. The topological polar surface area (TPSA) is 108 Å². The van der Waals surface area contributed by atoms with Gasteiger partial charge in [0, 0.05) is 39.3 Å². The van der Waals surface area contributed by atoms with Gasteiger partial charge in [-0.05, 0) is 36.2 Å². The molecule has 3 aromatic rings. The number of nitro groups is 1. The van der Waals surface area contributed by atoms with Crippen molar-refractivity contribution < 1.29 is 9.31 Å². The van der Waals surface area contributed by atoms with Gasteiger partial charge in [-0.25, -0.2) is 9.37 Å². The quantitative estimate of drug-likeness (QED) is 0.434. The fourth-order valence-electron chi connectivity index (χ4n) is 4.55. The number of benzene rings is 1. The lowest BCUT2D eigenvalue weighted by Gasteiger charge is -2.40. The zero-order valence-electron chi connectivity index (χ0n) is 18.4. The number of hydrogen-bond donors (Lipinski definition) is 0. The molecule has 3 heterocycles. The highest BCUT2D eigenvalue weighted by atomic mass is 19.1. The Hall–Kier alpha value is -3.84. The molecule has 1 aromatic carbocycles. The first-order valence-corrected chi connectivity index (χ1v) is 10.7. The molecule has 170 valence electrons. The van der Waals surface area contributed by atoms with Crippen LogP contribution in [0.15, 0.2) is 41.2 Å². The molecule has 1 aliphatic rings. The van der Waals surface area contributed by atoms with Crippen molar-refractivity contribution in [1.82, 2.24) is 14.5 Å². The van der Waals surface area contributed by atoms with Crippen molar-refractivity contribution in [2.75, 3.05) is 31.1 Å². The number of piperazine rings is 1. The van der Waals surface area contributed by atoms with E-state index in [4.69, 9.17) is 0 Å². The Kier molecular flexibility index (Phi) is 6.07. The number of fused-ring (bicyclic) bond motifs is 1. The third-order valence-electron chi connectivity index (χ3n) is 6.20. The molecule has 1 aliphatic heterocycles. The number of nitrogens with zero attached hydrogens (tertiary/aromatic N) is 6. The summed E-state index contributed by atoms with van der Waals surface area (Å²) in [4.78, 5) is 32.5. The maximum atomic E-state index is 13.4. The van der Waals surface area contributed by atoms with Gasteiger partial charge in [0.15, 0.2) is 5.69 Å². The minimum Gasteiger partial charge on any atom is -0.361 e. The van der Waals surface area contributed by atoms with E-state index in [1.165, 1.54) is 29.8 Å². The van der Waals surface area contributed by atoms with Gasteiger partial charge in [0.05, 0.1) is 10.4 Å². The van der Waals surface area contributed by atoms with E-state index in [0.29, 0.717) is 31.7 Å². The molecule has 0 aliphatic carbocycles. The van der Waals surface area contributed by atoms with Crippen LogP contribution in [-0.2, 0) is 7.05 Å². The third-order valence-corrected chi connectivity index (χ3v) is 6.20. The summed E-state index contributed by atoms with van der Waals surface area (Å²) < 4.78 is 14.5. The van der Waals surface area contributed by atoms with Crippen LogP contribution in [0.3, 0.4) is 0 Å². The van der Waals surface area contributed by atoms with Crippen LogP contribution in [0.1, 0.15) is 30.6 Å². The third kappa shape index (κ3) is 4.03. The summed E-state index contributed by atoms with van der Waals surface area (Å²) in [6.45, 7) is 4.15. The summed E-state index contributed by atoms with van der Waals surface area (Å²) in [5.41, 5.74) is 0.738. The lowest BCUT2D eigenvalue weighted by Crippen LogP contribution is -2.48. The zero-order valence-corrected chi connectivity index (χ0v) is 18.4. The molecule has 4 rings (SSSR count). The first-order valence-electron chi connectivity index (χ1n) is 10.7. The first-order chi connectivity index (χ1) is 15.8. The van der Waals surface area contributed by atoms with Crippen LogP contribution in [0.5, 0.6) is 0 Å². The highest BCUT2D eigenvalue weighted by Crippen LogP contribution is 2.34. The van der Waals surface area contributed by atoms with Crippen LogP contribution in [0.4, 0.5) is 15.8 Å². The van der Waals surface area contributed by atoms with Crippen molar-refractivity contribution in [1.29, 1.82) is 5.26 Å². The summed E-state index contributed by atoms with van der Waals surface area (Å²) in [7, 11) is 1.46. The second kappa shape index (κ2) is 8.96. The van der Waals surface area contributed by atoms with E-state index in [0.717, 1.165) is 12.0 Å². The fourth-order valence-corrected chi connectivity index (χ4v) is 4.55. The molecule has 0 saturated carbocycles.